The number of hydrogen-bond acceptors (Lipinski definition) is 6. The molecule has 0 aliphatic carbocycles. The number of hydrogen-bond donors (Lipinski definition) is 1. The molecule has 2 rings (SSSR count). The van der Waals surface area contributed by atoms with Crippen LogP contribution in [0, 0.1) is 0 Å². The zero-order valence-corrected chi connectivity index (χ0v) is 10.1. The normalized spacial score (nSPS) is 11.2. The average Bonchev–Trinajstić information content (AvgIpc) is 2.75. The highest BCUT2D eigenvalue weighted by Gasteiger charge is 2.12. The number of halogens is 1. The van der Waals surface area contributed by atoms with Crippen LogP contribution < -0.4 is 5.73 Å². The first kappa shape index (κ1) is 12.4. The largest absolute Gasteiger partial charge is 0.466 e. The summed E-state index contributed by atoms with van der Waals surface area (Å²) in [6, 6.07) is 0. The molecule has 0 spiro atoms. The molecule has 0 fully saturated rings. The molecule has 6 nitrogen and oxygen atoms in total. The number of fused-ring (bicyclic) bond motifs is 1. The number of nitrogen functional groups attached to an aromatic ring is 1. The van der Waals surface area contributed by atoms with Crippen LogP contribution in [0.3, 0.4) is 0 Å². The minimum absolute atomic E-state index is 0.0114. The second-order valence-electron chi connectivity index (χ2n) is 3.29. The summed E-state index contributed by atoms with van der Waals surface area (Å²) >= 11 is -0.0114. The van der Waals surface area contributed by atoms with Gasteiger partial charge in [-0.3, -0.25) is 0 Å². The van der Waals surface area contributed by atoms with Crippen molar-refractivity contribution in [1.29, 1.82) is 0 Å². The number of nitrogens with two attached hydrogens (primary N) is 1. The van der Waals surface area contributed by atoms with E-state index in [4.69, 9.17) is 5.73 Å². The highest BCUT2D eigenvalue weighted by atomic mass is 32.2. The number of rotatable bonds is 3. The van der Waals surface area contributed by atoms with Gasteiger partial charge in [-0.05, 0) is 6.08 Å². The summed E-state index contributed by atoms with van der Waals surface area (Å²) in [7, 11) is 1.27. The summed E-state index contributed by atoms with van der Waals surface area (Å²) in [4.78, 5) is 18.8. The molecule has 8 heteroatoms. The van der Waals surface area contributed by atoms with Gasteiger partial charge >= 0.3 is 5.97 Å². The van der Waals surface area contributed by atoms with E-state index < -0.39 is 5.97 Å². The molecule has 2 N–H and O–H groups in total. The van der Waals surface area contributed by atoms with Gasteiger partial charge in [-0.1, -0.05) is 0 Å². The fraction of sp³-hybridized carbons (Fsp3) is 0.100. The molecule has 0 amide bonds. The van der Waals surface area contributed by atoms with E-state index in [-0.39, 0.29) is 18.2 Å². The number of aromatic nitrogens is 3. The number of anilines is 1. The van der Waals surface area contributed by atoms with Gasteiger partial charge in [-0.25, -0.2) is 18.7 Å². The summed E-state index contributed by atoms with van der Waals surface area (Å²) in [5, 5.41) is 0.489. The Labute approximate surface area is 106 Å². The minimum Gasteiger partial charge on any atom is -0.466 e. The monoisotopic (exact) mass is 268 g/mol. The number of methoxy groups -OCH3 is 1. The molecular formula is C10H9FN4O2S. The van der Waals surface area contributed by atoms with Gasteiger partial charge in [-0.2, -0.15) is 0 Å². The van der Waals surface area contributed by atoms with Crippen molar-refractivity contribution in [3.8, 4) is 0 Å². The fourth-order valence-corrected chi connectivity index (χ4v) is 1.85. The van der Waals surface area contributed by atoms with Crippen molar-refractivity contribution in [2.75, 3.05) is 12.8 Å². The number of carbonyl (C=O) groups is 1. The molecule has 0 atom stereocenters. The van der Waals surface area contributed by atoms with Gasteiger partial charge in [0.1, 0.15) is 12.1 Å². The first-order valence-corrected chi connectivity index (χ1v) is 5.51. The van der Waals surface area contributed by atoms with Crippen LogP contribution >= 0.6 is 12.3 Å². The maximum Gasteiger partial charge on any atom is 0.330 e. The Bertz CT molecular complexity index is 626. The predicted octanol–water partition coefficient (Wildman–Crippen LogP) is 1.58. The van der Waals surface area contributed by atoms with E-state index in [0.29, 0.717) is 16.6 Å². The zero-order valence-electron chi connectivity index (χ0n) is 9.33. The van der Waals surface area contributed by atoms with Gasteiger partial charge in [0.2, 0.25) is 0 Å². The molecule has 94 valence electrons. The smallest absolute Gasteiger partial charge is 0.330 e. The first-order valence-electron chi connectivity index (χ1n) is 4.84. The van der Waals surface area contributed by atoms with Crippen molar-refractivity contribution in [2.45, 2.75) is 0 Å². The van der Waals surface area contributed by atoms with Crippen LogP contribution in [0.15, 0.2) is 18.6 Å². The van der Waals surface area contributed by atoms with Crippen LogP contribution in [0.1, 0.15) is 5.56 Å². The van der Waals surface area contributed by atoms with Crippen LogP contribution in [0.5, 0.6) is 0 Å². The third-order valence-electron chi connectivity index (χ3n) is 2.28. The Balaban J connectivity index is 2.57. The maximum absolute atomic E-state index is 12.7. The van der Waals surface area contributed by atoms with Gasteiger partial charge in [0, 0.05) is 17.8 Å². The lowest BCUT2D eigenvalue weighted by atomic mass is 10.2. The molecule has 0 bridgehead atoms. The van der Waals surface area contributed by atoms with Crippen LogP contribution in [-0.4, -0.2) is 27.0 Å². The number of nitrogens with zero attached hydrogens (tertiary/aromatic N) is 3. The van der Waals surface area contributed by atoms with E-state index in [1.807, 2.05) is 0 Å². The third-order valence-corrected chi connectivity index (χ3v) is 2.71. The van der Waals surface area contributed by atoms with Gasteiger partial charge in [0.25, 0.3) is 0 Å². The number of esters is 1. The van der Waals surface area contributed by atoms with Gasteiger partial charge in [0.15, 0.2) is 18.0 Å². The molecule has 0 aromatic carbocycles. The van der Waals surface area contributed by atoms with E-state index >= 15 is 0 Å². The molecule has 0 aliphatic heterocycles. The Morgan fingerprint density at radius 1 is 1.61 bits per heavy atom. The Hall–Kier alpha value is -2.09. The third kappa shape index (κ3) is 2.14. The number of carbonyl (C=O) groups excluding carboxylic acids is 1. The van der Waals surface area contributed by atoms with E-state index in [9.17, 15) is 8.68 Å². The van der Waals surface area contributed by atoms with Gasteiger partial charge < -0.3 is 10.5 Å². The summed E-state index contributed by atoms with van der Waals surface area (Å²) in [5.41, 5.74) is 6.60. The maximum atomic E-state index is 12.7. The highest BCUT2D eigenvalue weighted by Crippen LogP contribution is 2.28. The summed E-state index contributed by atoms with van der Waals surface area (Å²) < 4.78 is 18.4. The van der Waals surface area contributed by atoms with Crippen molar-refractivity contribution >= 4 is 41.2 Å². The van der Waals surface area contributed by atoms with Crippen molar-refractivity contribution in [1.82, 2.24) is 13.9 Å². The van der Waals surface area contributed by atoms with Gasteiger partial charge in [0.05, 0.1) is 12.5 Å². The fourth-order valence-electron chi connectivity index (χ4n) is 1.49. The predicted molar refractivity (Wildman–Crippen MR) is 67.1 cm³/mol. The SMILES string of the molecule is COC(=O)/C=C\c1cn(SF)c2ncnc(N)c12. The van der Waals surface area contributed by atoms with Gasteiger partial charge in [-0.15, -0.1) is 3.89 Å². The molecule has 0 radical (unpaired) electrons. The summed E-state index contributed by atoms with van der Waals surface area (Å²) in [5.74, 6) is -0.295. The summed E-state index contributed by atoms with van der Waals surface area (Å²) in [6.45, 7) is 0. The van der Waals surface area contributed by atoms with Crippen molar-refractivity contribution in [2.24, 2.45) is 0 Å². The van der Waals surface area contributed by atoms with E-state index in [1.54, 1.807) is 0 Å². The van der Waals surface area contributed by atoms with Crippen LogP contribution in [0.2, 0.25) is 0 Å². The average molecular weight is 268 g/mol. The lowest BCUT2D eigenvalue weighted by molar-refractivity contribution is -0.134. The molecule has 2 aromatic heterocycles. The molecule has 0 saturated heterocycles. The van der Waals surface area contributed by atoms with Crippen LogP contribution in [0.25, 0.3) is 17.1 Å². The second-order valence-corrected chi connectivity index (χ2v) is 3.82. The molecular weight excluding hydrogens is 259 g/mol. The van der Waals surface area contributed by atoms with Crippen LogP contribution in [0.4, 0.5) is 9.70 Å². The number of ether oxygens (including phenoxy) is 1. The lowest BCUT2D eigenvalue weighted by Crippen LogP contribution is -1.94. The molecule has 2 aromatic rings. The molecule has 18 heavy (non-hydrogen) atoms. The van der Waals surface area contributed by atoms with Crippen LogP contribution in [-0.2, 0) is 9.53 Å². The molecule has 0 saturated carbocycles. The Morgan fingerprint density at radius 3 is 3.06 bits per heavy atom. The Kier molecular flexibility index (Phi) is 3.47. The topological polar surface area (TPSA) is 83.0 Å². The van der Waals surface area contributed by atoms with Crippen molar-refractivity contribution in [3.63, 3.8) is 0 Å². The standard InChI is InChI=1S/C10H9FN4O2S/c1-17-7(16)3-2-6-4-15(18-11)10-8(6)9(12)13-5-14-10/h2-5H,1H3,(H2,12,13,14)/b3-2-. The molecule has 0 unspecified atom stereocenters. The van der Waals surface area contributed by atoms with E-state index in [0.717, 1.165) is 0 Å². The Morgan fingerprint density at radius 2 is 2.39 bits per heavy atom. The first-order chi connectivity index (χ1) is 8.67. The van der Waals surface area contributed by atoms with Crippen molar-refractivity contribution in [3.05, 3.63) is 24.2 Å². The second kappa shape index (κ2) is 5.05. The zero-order chi connectivity index (χ0) is 13.1. The summed E-state index contributed by atoms with van der Waals surface area (Å²) in [6.07, 6.45) is 5.41. The van der Waals surface area contributed by atoms with E-state index in [1.165, 1.54) is 35.8 Å². The van der Waals surface area contributed by atoms with E-state index in [2.05, 4.69) is 14.7 Å². The molecule has 2 heterocycles. The highest BCUT2D eigenvalue weighted by molar-refractivity contribution is 7.92. The molecule has 0 aliphatic rings. The minimum atomic E-state index is -0.515. The quantitative estimate of drug-likeness (QED) is 0.672. The lowest BCUT2D eigenvalue weighted by Gasteiger charge is -1.96. The van der Waals surface area contributed by atoms with Crippen molar-refractivity contribution < 1.29 is 13.4 Å².